The molecule has 11 heteroatoms. The summed E-state index contributed by atoms with van der Waals surface area (Å²) in [6.45, 7) is 4.58. The van der Waals surface area contributed by atoms with Gasteiger partial charge in [0.2, 0.25) is 11.7 Å². The second-order valence-corrected chi connectivity index (χ2v) is 9.34. The van der Waals surface area contributed by atoms with Crippen molar-refractivity contribution in [3.05, 3.63) is 40.9 Å². The number of rotatable bonds is 11. The van der Waals surface area contributed by atoms with Crippen LogP contribution in [0.5, 0.6) is 0 Å². The number of benzene rings is 1. The molecule has 1 saturated carbocycles. The van der Waals surface area contributed by atoms with Crippen LogP contribution in [-0.4, -0.2) is 54.2 Å². The van der Waals surface area contributed by atoms with Gasteiger partial charge in [0.25, 0.3) is 17.7 Å². The van der Waals surface area contributed by atoms with Crippen LogP contribution in [0.4, 0.5) is 10.1 Å². The molecule has 1 aliphatic carbocycles. The van der Waals surface area contributed by atoms with Crippen LogP contribution in [0, 0.1) is 5.92 Å². The number of carbonyl (C=O) groups is 5. The van der Waals surface area contributed by atoms with Crippen molar-refractivity contribution in [1.82, 2.24) is 16.0 Å². The number of amides is 4. The minimum Gasteiger partial charge on any atom is -0.353 e. The van der Waals surface area contributed by atoms with E-state index in [9.17, 15) is 28.4 Å². The molecule has 1 aromatic rings. The number of carbonyl (C=O) groups excluding carboxylic acids is 5. The van der Waals surface area contributed by atoms with E-state index in [-0.39, 0.29) is 52.7 Å². The molecule has 4 N–H and O–H groups in total. The van der Waals surface area contributed by atoms with Crippen LogP contribution in [0.2, 0.25) is 5.02 Å². The highest BCUT2D eigenvalue weighted by molar-refractivity contribution is 6.38. The van der Waals surface area contributed by atoms with E-state index in [4.69, 9.17) is 11.6 Å². The lowest BCUT2D eigenvalue weighted by Gasteiger charge is -2.21. The first-order chi connectivity index (χ1) is 16.6. The van der Waals surface area contributed by atoms with Crippen molar-refractivity contribution in [3.63, 3.8) is 0 Å². The predicted octanol–water partition coefficient (Wildman–Crippen LogP) is 2.06. The van der Waals surface area contributed by atoms with Crippen molar-refractivity contribution in [2.24, 2.45) is 5.92 Å². The van der Waals surface area contributed by atoms with Crippen molar-refractivity contribution < 1.29 is 28.4 Å². The number of halogens is 2. The highest BCUT2D eigenvalue weighted by Crippen LogP contribution is 2.25. The fraction of sp³-hybridized carbons (Fsp3) is 0.458. The number of anilines is 1. The van der Waals surface area contributed by atoms with Gasteiger partial charge in [0, 0.05) is 35.0 Å². The van der Waals surface area contributed by atoms with Gasteiger partial charge in [-0.25, -0.2) is 0 Å². The quantitative estimate of drug-likeness (QED) is 0.269. The number of ketones is 1. The fourth-order valence-corrected chi connectivity index (χ4v) is 3.97. The van der Waals surface area contributed by atoms with Crippen LogP contribution in [0.15, 0.2) is 30.4 Å². The molecule has 1 saturated heterocycles. The standard InChI is InChI=1S/C24H28ClFN4O5/c1-12(7-8-26)21(32)29-18-6-3-15(25)11-17(18)23(34)30-19(10-14-9-13(2)27-22(14)33)20(31)24(35)28-16-4-5-16/h3,6,11,13-14,16,19H,1,4-5,7-10H2,2H3,(H,27,33)(H,28,35)(H,29,32)(H,30,34)/t13-,14+,19+/m1/s1. The Hall–Kier alpha value is -3.27. The molecular weight excluding hydrogens is 479 g/mol. The molecule has 0 unspecified atom stereocenters. The predicted molar refractivity (Wildman–Crippen MR) is 128 cm³/mol. The zero-order valence-corrected chi connectivity index (χ0v) is 20.0. The number of nitrogens with one attached hydrogen (secondary N) is 4. The van der Waals surface area contributed by atoms with Gasteiger partial charge in [0.05, 0.1) is 24.0 Å². The summed E-state index contributed by atoms with van der Waals surface area (Å²) in [5, 5.41) is 10.6. The molecule has 9 nitrogen and oxygen atoms in total. The average Bonchev–Trinajstić information content (AvgIpc) is 3.56. The molecule has 3 rings (SSSR count). The van der Waals surface area contributed by atoms with Gasteiger partial charge >= 0.3 is 0 Å². The Balaban J connectivity index is 1.81. The van der Waals surface area contributed by atoms with Crippen molar-refractivity contribution in [1.29, 1.82) is 0 Å². The maximum atomic E-state index is 13.2. The largest absolute Gasteiger partial charge is 0.353 e. The van der Waals surface area contributed by atoms with E-state index in [0.717, 1.165) is 12.8 Å². The van der Waals surface area contributed by atoms with E-state index in [2.05, 4.69) is 27.8 Å². The molecule has 0 spiro atoms. The first-order valence-electron chi connectivity index (χ1n) is 11.4. The molecule has 0 radical (unpaired) electrons. The highest BCUT2D eigenvalue weighted by atomic mass is 35.5. The number of hydrogen-bond donors (Lipinski definition) is 4. The molecular formula is C24H28ClFN4O5. The summed E-state index contributed by atoms with van der Waals surface area (Å²) in [7, 11) is 0. The average molecular weight is 507 g/mol. The molecule has 2 aliphatic rings. The lowest BCUT2D eigenvalue weighted by Crippen LogP contribution is -2.49. The molecule has 1 aliphatic heterocycles. The molecule has 4 amide bonds. The zero-order valence-electron chi connectivity index (χ0n) is 19.3. The van der Waals surface area contributed by atoms with Gasteiger partial charge < -0.3 is 21.3 Å². The van der Waals surface area contributed by atoms with E-state index in [0.29, 0.717) is 6.42 Å². The number of Topliss-reactive ketones (excluding diaryl/α,β-unsaturated/α-hetero) is 1. The van der Waals surface area contributed by atoms with Gasteiger partial charge in [-0.3, -0.25) is 28.4 Å². The molecule has 0 bridgehead atoms. The molecule has 35 heavy (non-hydrogen) atoms. The van der Waals surface area contributed by atoms with Crippen LogP contribution in [0.25, 0.3) is 0 Å². The topological polar surface area (TPSA) is 133 Å². The summed E-state index contributed by atoms with van der Waals surface area (Å²) in [5.41, 5.74) is -0.0127. The van der Waals surface area contributed by atoms with Gasteiger partial charge in [0.15, 0.2) is 0 Å². The Morgan fingerprint density at radius 2 is 1.94 bits per heavy atom. The maximum absolute atomic E-state index is 13.2. The third-order valence-corrected chi connectivity index (χ3v) is 6.10. The van der Waals surface area contributed by atoms with E-state index >= 15 is 0 Å². The van der Waals surface area contributed by atoms with Gasteiger partial charge in [-0.1, -0.05) is 18.2 Å². The SMILES string of the molecule is C=C(CCF)C(=O)Nc1ccc(Cl)cc1C(=O)N[C@@H](C[C@@H]1C[C@@H](C)NC1=O)C(=O)C(=O)NC1CC1. The van der Waals surface area contributed by atoms with Crippen molar-refractivity contribution in [3.8, 4) is 0 Å². The van der Waals surface area contributed by atoms with E-state index in [1.54, 1.807) is 0 Å². The van der Waals surface area contributed by atoms with Crippen LogP contribution >= 0.6 is 11.6 Å². The minimum atomic E-state index is -1.27. The van der Waals surface area contributed by atoms with Crippen LogP contribution in [0.1, 0.15) is 49.4 Å². The highest BCUT2D eigenvalue weighted by Gasteiger charge is 2.37. The Labute approximate surface area is 207 Å². The van der Waals surface area contributed by atoms with Gasteiger partial charge in [-0.2, -0.15) is 0 Å². The molecule has 1 heterocycles. The Kier molecular flexibility index (Phi) is 8.61. The molecule has 2 fully saturated rings. The summed E-state index contributed by atoms with van der Waals surface area (Å²) in [5.74, 6) is -3.95. The molecule has 3 atom stereocenters. The van der Waals surface area contributed by atoms with Crippen molar-refractivity contribution >= 4 is 46.7 Å². The summed E-state index contributed by atoms with van der Waals surface area (Å²) < 4.78 is 12.6. The van der Waals surface area contributed by atoms with Gasteiger partial charge in [-0.05, 0) is 50.8 Å². The number of hydrogen-bond acceptors (Lipinski definition) is 5. The first-order valence-corrected chi connectivity index (χ1v) is 11.8. The first kappa shape index (κ1) is 26.3. The second-order valence-electron chi connectivity index (χ2n) is 8.90. The Morgan fingerprint density at radius 3 is 2.54 bits per heavy atom. The summed E-state index contributed by atoms with van der Waals surface area (Å²) >= 11 is 6.05. The monoisotopic (exact) mass is 506 g/mol. The van der Waals surface area contributed by atoms with Crippen LogP contribution in [0.3, 0.4) is 0 Å². The summed E-state index contributed by atoms with van der Waals surface area (Å²) in [6.07, 6.45) is 1.78. The number of alkyl halides is 1. The Morgan fingerprint density at radius 1 is 1.23 bits per heavy atom. The van der Waals surface area contributed by atoms with Crippen molar-refractivity contribution in [2.45, 2.75) is 57.2 Å². The van der Waals surface area contributed by atoms with Crippen LogP contribution < -0.4 is 21.3 Å². The Bertz CT molecular complexity index is 1060. The summed E-state index contributed by atoms with van der Waals surface area (Å²) in [4.78, 5) is 63.1. The lowest BCUT2D eigenvalue weighted by molar-refractivity contribution is -0.139. The second kappa shape index (κ2) is 11.4. The van der Waals surface area contributed by atoms with Gasteiger partial charge in [0.1, 0.15) is 0 Å². The minimum absolute atomic E-state index is 0.0139. The maximum Gasteiger partial charge on any atom is 0.289 e. The van der Waals surface area contributed by atoms with E-state index < -0.39 is 42.1 Å². The summed E-state index contributed by atoms with van der Waals surface area (Å²) in [6, 6.07) is 2.70. The van der Waals surface area contributed by atoms with E-state index in [1.807, 2.05) is 6.92 Å². The van der Waals surface area contributed by atoms with Gasteiger partial charge in [-0.15, -0.1) is 0 Å². The molecule has 1 aromatic carbocycles. The third-order valence-electron chi connectivity index (χ3n) is 5.87. The smallest absolute Gasteiger partial charge is 0.289 e. The van der Waals surface area contributed by atoms with Crippen molar-refractivity contribution in [2.75, 3.05) is 12.0 Å². The zero-order chi connectivity index (χ0) is 25.7. The molecule has 0 aromatic heterocycles. The lowest BCUT2D eigenvalue weighted by atomic mass is 9.93. The fourth-order valence-electron chi connectivity index (χ4n) is 3.80. The third kappa shape index (κ3) is 7.11. The molecule has 188 valence electrons. The van der Waals surface area contributed by atoms with Crippen LogP contribution in [-0.2, 0) is 19.2 Å². The normalized spacial score (nSPS) is 19.9. The van der Waals surface area contributed by atoms with E-state index in [1.165, 1.54) is 18.2 Å².